The molecule has 168 valence electrons. The minimum Gasteiger partial charge on any atom is -0.495 e. The topological polar surface area (TPSA) is 70.2 Å². The van der Waals surface area contributed by atoms with Crippen LogP contribution in [0, 0.1) is 11.8 Å². The highest BCUT2D eigenvalue weighted by Crippen LogP contribution is 2.32. The van der Waals surface area contributed by atoms with E-state index in [0.717, 1.165) is 13.0 Å². The number of likely N-dealkylation sites (N-methyl/N-ethyl adjacent to an activating group) is 2. The second-order valence-corrected chi connectivity index (χ2v) is 11.0. The number of amides is 1. The lowest BCUT2D eigenvalue weighted by Crippen LogP contribution is -2.42. The van der Waals surface area contributed by atoms with Crippen LogP contribution in [0.3, 0.4) is 0 Å². The third kappa shape index (κ3) is 5.15. The van der Waals surface area contributed by atoms with E-state index in [-0.39, 0.29) is 16.6 Å². The average Bonchev–Trinajstić information content (AvgIpc) is 3.55. The van der Waals surface area contributed by atoms with E-state index in [4.69, 9.17) is 4.74 Å². The summed E-state index contributed by atoms with van der Waals surface area (Å²) in [6.45, 7) is 6.52. The fourth-order valence-electron chi connectivity index (χ4n) is 4.28. The molecule has 0 spiro atoms. The molecule has 3 rings (SSSR count). The third-order valence-corrected chi connectivity index (χ3v) is 8.02. The number of ether oxygens (including phenoxy) is 1. The molecule has 1 aromatic carbocycles. The standard InChI is InChI=1S/C22H35N3O4S/c1-16-12-17(2)15-25(14-16)30(27,28)21-13-18(6-9-20(21)29-5)22(26)24(4)11-10-23(3)19-7-8-19/h6,9,13,16-17,19H,7-8,10-12,14-15H2,1-5H3. The Kier molecular flexibility index (Phi) is 7.09. The van der Waals surface area contributed by atoms with Gasteiger partial charge in [0.2, 0.25) is 10.0 Å². The van der Waals surface area contributed by atoms with Crippen molar-refractivity contribution in [1.29, 1.82) is 0 Å². The summed E-state index contributed by atoms with van der Waals surface area (Å²) in [4.78, 5) is 17.0. The zero-order valence-electron chi connectivity index (χ0n) is 18.8. The monoisotopic (exact) mass is 437 g/mol. The first kappa shape index (κ1) is 23.0. The van der Waals surface area contributed by atoms with E-state index >= 15 is 0 Å². The molecule has 0 radical (unpaired) electrons. The van der Waals surface area contributed by atoms with Crippen molar-refractivity contribution < 1.29 is 17.9 Å². The normalized spacial score (nSPS) is 22.9. The Labute approximate surface area is 181 Å². The number of methoxy groups -OCH3 is 1. The number of sulfonamides is 1. The maximum absolute atomic E-state index is 13.4. The summed E-state index contributed by atoms with van der Waals surface area (Å²) >= 11 is 0. The highest BCUT2D eigenvalue weighted by atomic mass is 32.2. The zero-order valence-corrected chi connectivity index (χ0v) is 19.6. The molecule has 2 unspecified atom stereocenters. The lowest BCUT2D eigenvalue weighted by atomic mass is 9.94. The van der Waals surface area contributed by atoms with E-state index < -0.39 is 10.0 Å². The Balaban J connectivity index is 1.81. The molecular formula is C22H35N3O4S. The predicted molar refractivity (Wildman–Crippen MR) is 117 cm³/mol. The quantitative estimate of drug-likeness (QED) is 0.625. The van der Waals surface area contributed by atoms with Crippen LogP contribution < -0.4 is 4.74 Å². The highest BCUT2D eigenvalue weighted by molar-refractivity contribution is 7.89. The molecule has 8 heteroatoms. The maximum Gasteiger partial charge on any atom is 0.253 e. The number of piperidine rings is 1. The number of benzene rings is 1. The first-order valence-electron chi connectivity index (χ1n) is 10.8. The Bertz CT molecular complexity index is 859. The molecule has 1 aliphatic heterocycles. The predicted octanol–water partition coefficient (Wildman–Crippen LogP) is 2.53. The van der Waals surface area contributed by atoms with E-state index in [0.29, 0.717) is 43.1 Å². The van der Waals surface area contributed by atoms with Crippen molar-refractivity contribution in [2.45, 2.75) is 44.0 Å². The number of hydrogen-bond acceptors (Lipinski definition) is 5. The van der Waals surface area contributed by atoms with Gasteiger partial charge in [-0.25, -0.2) is 8.42 Å². The highest BCUT2D eigenvalue weighted by Gasteiger charge is 2.34. The van der Waals surface area contributed by atoms with E-state index in [1.165, 1.54) is 30.3 Å². The molecule has 2 aliphatic rings. The van der Waals surface area contributed by atoms with Crippen molar-refractivity contribution in [3.8, 4) is 5.75 Å². The van der Waals surface area contributed by atoms with Gasteiger partial charge >= 0.3 is 0 Å². The lowest BCUT2D eigenvalue weighted by molar-refractivity contribution is 0.0781. The van der Waals surface area contributed by atoms with Crippen molar-refractivity contribution in [3.05, 3.63) is 23.8 Å². The summed E-state index contributed by atoms with van der Waals surface area (Å²) in [5.74, 6) is 0.690. The minimum atomic E-state index is -3.75. The first-order valence-corrected chi connectivity index (χ1v) is 12.2. The van der Waals surface area contributed by atoms with Crippen molar-refractivity contribution >= 4 is 15.9 Å². The molecule has 1 aliphatic carbocycles. The Hall–Kier alpha value is -1.64. The number of carbonyl (C=O) groups is 1. The maximum atomic E-state index is 13.4. The Morgan fingerprint density at radius 2 is 1.77 bits per heavy atom. The van der Waals surface area contributed by atoms with Gasteiger partial charge in [0, 0.05) is 44.8 Å². The van der Waals surface area contributed by atoms with E-state index in [1.807, 2.05) is 0 Å². The van der Waals surface area contributed by atoms with Crippen LogP contribution in [0.1, 0.15) is 43.5 Å². The second-order valence-electron chi connectivity index (χ2n) is 9.07. The molecular weight excluding hydrogens is 402 g/mol. The first-order chi connectivity index (χ1) is 14.1. The van der Waals surface area contributed by atoms with Crippen LogP contribution in [0.4, 0.5) is 0 Å². The van der Waals surface area contributed by atoms with Crippen molar-refractivity contribution in [3.63, 3.8) is 0 Å². The van der Waals surface area contributed by atoms with E-state index in [2.05, 4.69) is 25.8 Å². The molecule has 1 aromatic rings. The molecule has 2 atom stereocenters. The summed E-state index contributed by atoms with van der Waals surface area (Å²) in [5.41, 5.74) is 0.365. The summed E-state index contributed by atoms with van der Waals surface area (Å²) in [5, 5.41) is 0. The van der Waals surface area contributed by atoms with Gasteiger partial charge in [0.25, 0.3) is 5.91 Å². The largest absolute Gasteiger partial charge is 0.495 e. The number of rotatable bonds is 8. The third-order valence-electron chi connectivity index (χ3n) is 6.17. The molecule has 0 bridgehead atoms. The number of nitrogens with zero attached hydrogens (tertiary/aromatic N) is 3. The molecule has 0 N–H and O–H groups in total. The lowest BCUT2D eigenvalue weighted by Gasteiger charge is -2.34. The van der Waals surface area contributed by atoms with Gasteiger partial charge < -0.3 is 14.5 Å². The SMILES string of the molecule is COc1ccc(C(=O)N(C)CCN(C)C2CC2)cc1S(=O)(=O)N1CC(C)CC(C)C1. The molecule has 1 saturated heterocycles. The van der Waals surface area contributed by atoms with Gasteiger partial charge in [0.05, 0.1) is 7.11 Å². The Morgan fingerprint density at radius 3 is 2.33 bits per heavy atom. The molecule has 1 heterocycles. The van der Waals surface area contributed by atoms with Crippen LogP contribution in [-0.4, -0.2) is 81.9 Å². The number of hydrogen-bond donors (Lipinski definition) is 0. The molecule has 30 heavy (non-hydrogen) atoms. The summed E-state index contributed by atoms with van der Waals surface area (Å²) < 4.78 is 33.7. The van der Waals surface area contributed by atoms with Crippen molar-refractivity contribution in [2.75, 3.05) is 47.4 Å². The van der Waals surface area contributed by atoms with Gasteiger partial charge in [-0.15, -0.1) is 0 Å². The molecule has 0 aromatic heterocycles. The molecule has 2 fully saturated rings. The van der Waals surface area contributed by atoms with E-state index in [1.54, 1.807) is 24.1 Å². The van der Waals surface area contributed by atoms with Crippen LogP contribution in [0.2, 0.25) is 0 Å². The zero-order chi connectivity index (χ0) is 22.1. The Morgan fingerprint density at radius 1 is 1.13 bits per heavy atom. The van der Waals surface area contributed by atoms with Crippen LogP contribution in [0.5, 0.6) is 5.75 Å². The van der Waals surface area contributed by atoms with Crippen LogP contribution in [0.15, 0.2) is 23.1 Å². The van der Waals surface area contributed by atoms with Crippen LogP contribution >= 0.6 is 0 Å². The van der Waals surface area contributed by atoms with Gasteiger partial charge in [-0.1, -0.05) is 13.8 Å². The minimum absolute atomic E-state index is 0.0700. The van der Waals surface area contributed by atoms with Crippen molar-refractivity contribution in [1.82, 2.24) is 14.1 Å². The van der Waals surface area contributed by atoms with E-state index in [9.17, 15) is 13.2 Å². The van der Waals surface area contributed by atoms with Gasteiger partial charge in [0.15, 0.2) is 0 Å². The van der Waals surface area contributed by atoms with Crippen LogP contribution in [0.25, 0.3) is 0 Å². The fourth-order valence-corrected chi connectivity index (χ4v) is 6.14. The molecule has 7 nitrogen and oxygen atoms in total. The summed E-state index contributed by atoms with van der Waals surface area (Å²) in [7, 11) is 1.54. The fraction of sp³-hybridized carbons (Fsp3) is 0.682. The van der Waals surface area contributed by atoms with Gasteiger partial charge in [0.1, 0.15) is 10.6 Å². The smallest absolute Gasteiger partial charge is 0.253 e. The van der Waals surface area contributed by atoms with Crippen molar-refractivity contribution in [2.24, 2.45) is 11.8 Å². The van der Waals surface area contributed by atoms with Gasteiger partial charge in [-0.2, -0.15) is 4.31 Å². The molecule has 1 amide bonds. The summed E-state index contributed by atoms with van der Waals surface area (Å²) in [6, 6.07) is 5.34. The number of carbonyl (C=O) groups excluding carboxylic acids is 1. The van der Waals surface area contributed by atoms with Gasteiger partial charge in [-0.05, 0) is 56.3 Å². The molecule has 1 saturated carbocycles. The van der Waals surface area contributed by atoms with Gasteiger partial charge in [-0.3, -0.25) is 4.79 Å². The average molecular weight is 438 g/mol. The van der Waals surface area contributed by atoms with Crippen LogP contribution in [-0.2, 0) is 10.0 Å². The second kappa shape index (κ2) is 9.24. The summed E-state index contributed by atoms with van der Waals surface area (Å²) in [6.07, 6.45) is 3.46.